The Bertz CT molecular complexity index is 864. The molecule has 5 N–H and O–H groups in total. The lowest BCUT2D eigenvalue weighted by atomic mass is 9.84. The van der Waals surface area contributed by atoms with Crippen molar-refractivity contribution in [2.75, 3.05) is 19.8 Å². The Kier molecular flexibility index (Phi) is 11.4. The van der Waals surface area contributed by atoms with E-state index in [-0.39, 0.29) is 37.6 Å². The van der Waals surface area contributed by atoms with Crippen LogP contribution in [0.25, 0.3) is 10.1 Å². The fourth-order valence-corrected chi connectivity index (χ4v) is 6.17. The number of benzene rings is 1. The third kappa shape index (κ3) is 8.23. The number of hydrogen-bond donors (Lipinski definition) is 5. The molecule has 1 saturated carbocycles. The van der Waals surface area contributed by atoms with Gasteiger partial charge in [-0.3, -0.25) is 4.79 Å². The zero-order chi connectivity index (χ0) is 25.2. The molecule has 5 atom stereocenters. The predicted molar refractivity (Wildman–Crippen MR) is 136 cm³/mol. The van der Waals surface area contributed by atoms with Gasteiger partial charge in [0.2, 0.25) is 0 Å². The number of thiophene rings is 1. The minimum Gasteiger partial charge on any atom is -0.465 e. The van der Waals surface area contributed by atoms with E-state index < -0.39 is 24.2 Å². The van der Waals surface area contributed by atoms with Gasteiger partial charge >= 0.3 is 5.97 Å². The van der Waals surface area contributed by atoms with Crippen molar-refractivity contribution in [1.82, 2.24) is 0 Å². The van der Waals surface area contributed by atoms with Crippen LogP contribution >= 0.6 is 11.3 Å². The number of hydrogen-bond acceptors (Lipinski definition) is 8. The van der Waals surface area contributed by atoms with E-state index in [0.29, 0.717) is 32.1 Å². The van der Waals surface area contributed by atoms with Crippen LogP contribution in [0.1, 0.15) is 68.8 Å². The van der Waals surface area contributed by atoms with E-state index in [4.69, 9.17) is 14.9 Å². The number of esters is 1. The molecule has 1 aliphatic carbocycles. The van der Waals surface area contributed by atoms with Crippen molar-refractivity contribution in [3.8, 4) is 0 Å². The van der Waals surface area contributed by atoms with Crippen LogP contribution in [0.2, 0.25) is 0 Å². The van der Waals surface area contributed by atoms with Gasteiger partial charge in [0.05, 0.1) is 38.1 Å². The molecule has 1 fully saturated rings. The molecule has 0 bridgehead atoms. The van der Waals surface area contributed by atoms with E-state index in [1.807, 2.05) is 24.3 Å². The number of ether oxygens (including phenoxy) is 1. The average molecular weight is 509 g/mol. The van der Waals surface area contributed by atoms with E-state index in [9.17, 15) is 20.1 Å². The van der Waals surface area contributed by atoms with Crippen molar-refractivity contribution >= 4 is 27.4 Å². The molecule has 0 unspecified atom stereocenters. The fourth-order valence-electron chi connectivity index (χ4n) is 5.09. The summed E-state index contributed by atoms with van der Waals surface area (Å²) in [6.07, 6.45) is 4.56. The van der Waals surface area contributed by atoms with Gasteiger partial charge in [-0.25, -0.2) is 0 Å². The van der Waals surface area contributed by atoms with Gasteiger partial charge in [-0.05, 0) is 61.5 Å². The van der Waals surface area contributed by atoms with Crippen LogP contribution in [-0.4, -0.2) is 63.5 Å². The van der Waals surface area contributed by atoms with Crippen molar-refractivity contribution in [3.63, 3.8) is 0 Å². The van der Waals surface area contributed by atoms with Gasteiger partial charge < -0.3 is 30.3 Å². The predicted octanol–water partition coefficient (Wildman–Crippen LogP) is 3.56. The minimum atomic E-state index is -0.567. The maximum absolute atomic E-state index is 11.8. The molecule has 0 amide bonds. The molecule has 2 aromatic rings. The van der Waals surface area contributed by atoms with Gasteiger partial charge in [0.25, 0.3) is 0 Å². The van der Waals surface area contributed by atoms with Crippen LogP contribution in [-0.2, 0) is 9.53 Å². The highest BCUT2D eigenvalue weighted by Gasteiger charge is 2.41. The summed E-state index contributed by atoms with van der Waals surface area (Å²) in [7, 11) is 0. The molecule has 0 aliphatic heterocycles. The maximum Gasteiger partial charge on any atom is 0.305 e. The first-order valence-electron chi connectivity index (χ1n) is 12.8. The van der Waals surface area contributed by atoms with Gasteiger partial charge in [0.15, 0.2) is 0 Å². The number of aliphatic hydroxyl groups is 5. The zero-order valence-corrected chi connectivity index (χ0v) is 21.1. The fraction of sp³-hybridized carbons (Fsp3) is 0.667. The van der Waals surface area contributed by atoms with Gasteiger partial charge in [0.1, 0.15) is 0 Å². The van der Waals surface area contributed by atoms with Crippen LogP contribution in [0, 0.1) is 17.8 Å². The van der Waals surface area contributed by atoms with Crippen molar-refractivity contribution in [3.05, 3.63) is 35.2 Å². The first-order valence-corrected chi connectivity index (χ1v) is 13.6. The van der Waals surface area contributed by atoms with Crippen LogP contribution in [0.5, 0.6) is 0 Å². The molecule has 3 rings (SSSR count). The maximum atomic E-state index is 11.8. The Labute approximate surface area is 211 Å². The molecule has 1 aromatic heterocycles. The van der Waals surface area contributed by atoms with E-state index in [1.165, 1.54) is 0 Å². The second-order valence-electron chi connectivity index (χ2n) is 9.84. The Morgan fingerprint density at radius 2 is 1.69 bits per heavy atom. The quantitative estimate of drug-likeness (QED) is 0.184. The largest absolute Gasteiger partial charge is 0.465 e. The first-order chi connectivity index (χ1) is 16.9. The number of fused-ring (bicyclic) bond motifs is 1. The highest BCUT2D eigenvalue weighted by molar-refractivity contribution is 7.19. The molecular formula is C27H40O7S. The SMILES string of the molecule is O=C(CCCCCC[C@@H]1[C@@H](CC[C@@H](O)c2cc3ccccc3s2)[C@H](O)C[C@@H]1O)OCC(CO)CO. The topological polar surface area (TPSA) is 127 Å². The van der Waals surface area contributed by atoms with E-state index in [1.54, 1.807) is 11.3 Å². The van der Waals surface area contributed by atoms with Crippen molar-refractivity contribution in [2.24, 2.45) is 17.8 Å². The normalized spacial score (nSPS) is 23.3. The zero-order valence-electron chi connectivity index (χ0n) is 20.3. The third-order valence-corrected chi connectivity index (χ3v) is 8.45. The number of carbonyl (C=O) groups excluding carboxylic acids is 1. The van der Waals surface area contributed by atoms with E-state index in [0.717, 1.165) is 40.6 Å². The molecule has 0 spiro atoms. The number of unbranched alkanes of at least 4 members (excludes halogenated alkanes) is 3. The number of carbonyl (C=O) groups is 1. The van der Waals surface area contributed by atoms with Crippen LogP contribution < -0.4 is 0 Å². The summed E-state index contributed by atoms with van der Waals surface area (Å²) in [6, 6.07) is 10.1. The van der Waals surface area contributed by atoms with Crippen molar-refractivity contribution in [2.45, 2.75) is 76.1 Å². The summed E-state index contributed by atoms with van der Waals surface area (Å²) < 4.78 is 6.23. The molecule has 8 heteroatoms. The lowest BCUT2D eigenvalue weighted by Gasteiger charge is -2.24. The smallest absolute Gasteiger partial charge is 0.305 e. The second kappa shape index (κ2) is 14.3. The Morgan fingerprint density at radius 3 is 2.40 bits per heavy atom. The molecule has 196 valence electrons. The average Bonchev–Trinajstić information content (AvgIpc) is 3.40. The van der Waals surface area contributed by atoms with Crippen molar-refractivity contribution in [1.29, 1.82) is 0 Å². The standard InChI is InChI=1S/C27H40O7S/c28-15-18(16-29)17-34-27(33)10-4-2-1-3-8-20-21(24(32)14-23(20)31)11-12-22(30)26-13-19-7-5-6-9-25(19)35-26/h5-7,9,13,18,20-24,28-32H,1-4,8,10-12,14-17H2/t20-,21-,22-,23+,24-/m1/s1. The molecule has 35 heavy (non-hydrogen) atoms. The summed E-state index contributed by atoms with van der Waals surface area (Å²) in [4.78, 5) is 12.7. The summed E-state index contributed by atoms with van der Waals surface area (Å²) in [5.74, 6) is -0.733. The molecular weight excluding hydrogens is 468 g/mol. The molecule has 0 saturated heterocycles. The summed E-state index contributed by atoms with van der Waals surface area (Å²) in [6.45, 7) is -0.389. The van der Waals surface area contributed by atoms with E-state index in [2.05, 4.69) is 6.07 Å². The Morgan fingerprint density at radius 1 is 1.00 bits per heavy atom. The van der Waals surface area contributed by atoms with E-state index >= 15 is 0 Å². The summed E-state index contributed by atoms with van der Waals surface area (Å²) >= 11 is 1.60. The molecule has 0 radical (unpaired) electrons. The highest BCUT2D eigenvalue weighted by atomic mass is 32.1. The van der Waals surface area contributed by atoms with Gasteiger partial charge in [-0.2, -0.15) is 0 Å². The van der Waals surface area contributed by atoms with Gasteiger partial charge in [-0.1, -0.05) is 37.5 Å². The highest BCUT2D eigenvalue weighted by Crippen LogP contribution is 2.41. The lowest BCUT2D eigenvalue weighted by molar-refractivity contribution is -0.146. The molecule has 1 aromatic carbocycles. The lowest BCUT2D eigenvalue weighted by Crippen LogP contribution is -2.23. The second-order valence-corrected chi connectivity index (χ2v) is 11.0. The first kappa shape index (κ1) is 28.0. The molecule has 1 aliphatic rings. The van der Waals surface area contributed by atoms with Gasteiger partial charge in [-0.15, -0.1) is 11.3 Å². The third-order valence-electron chi connectivity index (χ3n) is 7.23. The number of aliphatic hydroxyl groups excluding tert-OH is 5. The minimum absolute atomic E-state index is 0.0185. The number of rotatable bonds is 15. The van der Waals surface area contributed by atoms with Crippen LogP contribution in [0.3, 0.4) is 0 Å². The molecule has 7 nitrogen and oxygen atoms in total. The van der Waals surface area contributed by atoms with Crippen molar-refractivity contribution < 1.29 is 35.1 Å². The summed E-state index contributed by atoms with van der Waals surface area (Å²) in [5.41, 5.74) is 0. The molecule has 1 heterocycles. The van der Waals surface area contributed by atoms with Crippen LogP contribution in [0.4, 0.5) is 0 Å². The van der Waals surface area contributed by atoms with Gasteiger partial charge in [0, 0.05) is 21.9 Å². The Hall–Kier alpha value is -1.55. The summed E-state index contributed by atoms with van der Waals surface area (Å²) in [5, 5.41) is 50.9. The Balaban J connectivity index is 1.36. The van der Waals surface area contributed by atoms with Crippen LogP contribution in [0.15, 0.2) is 30.3 Å². The monoisotopic (exact) mass is 508 g/mol.